The fourth-order valence-electron chi connectivity index (χ4n) is 7.19. The zero-order chi connectivity index (χ0) is 27.3. The molecule has 2 bridgehead atoms. The number of amides is 3. The molecule has 3 aliphatic carbocycles. The zero-order valence-corrected chi connectivity index (χ0v) is 23.8. The van der Waals surface area contributed by atoms with Crippen LogP contribution in [0.1, 0.15) is 75.6 Å². The largest absolute Gasteiger partial charge is 0.482 e. The van der Waals surface area contributed by atoms with E-state index in [0.29, 0.717) is 31.3 Å². The highest BCUT2D eigenvalue weighted by Gasteiger charge is 2.68. The summed E-state index contributed by atoms with van der Waals surface area (Å²) in [6.07, 6.45) is 4.24. The lowest BCUT2D eigenvalue weighted by molar-refractivity contribution is -0.199. The molecule has 1 aromatic carbocycles. The van der Waals surface area contributed by atoms with Crippen molar-refractivity contribution in [3.05, 3.63) is 35.9 Å². The molecule has 5 aliphatic rings. The van der Waals surface area contributed by atoms with Crippen LogP contribution < -0.4 is 10.6 Å². The molecule has 3 amide bonds. The van der Waals surface area contributed by atoms with Crippen molar-refractivity contribution in [2.24, 2.45) is 17.3 Å². The molecule has 2 aliphatic heterocycles. The highest BCUT2D eigenvalue weighted by Crippen LogP contribution is 2.65. The molecule has 1 aromatic rings. The third kappa shape index (κ3) is 5.28. The van der Waals surface area contributed by atoms with Crippen molar-refractivity contribution in [3.63, 3.8) is 0 Å². The second-order valence-electron chi connectivity index (χ2n) is 13.5. The first-order valence-corrected chi connectivity index (χ1v) is 14.3. The summed E-state index contributed by atoms with van der Waals surface area (Å²) in [5.41, 5.74) is 0.476. The lowest BCUT2D eigenvalue weighted by Crippen LogP contribution is -2.65. The van der Waals surface area contributed by atoms with Crippen LogP contribution in [0.3, 0.4) is 0 Å². The zero-order valence-electron chi connectivity index (χ0n) is 23.8. The Bertz CT molecular complexity index is 1040. The molecular formula is C29H48BN3O5. The first-order chi connectivity index (χ1) is 17.9. The van der Waals surface area contributed by atoms with Crippen LogP contribution in [0.2, 0.25) is 0 Å². The van der Waals surface area contributed by atoms with Gasteiger partial charge in [0, 0.05) is 15.9 Å². The molecule has 38 heavy (non-hydrogen) atoms. The Balaban J connectivity index is 0.00000220. The van der Waals surface area contributed by atoms with E-state index < -0.39 is 12.7 Å². The number of rotatable bonds is 6. The van der Waals surface area contributed by atoms with Crippen molar-refractivity contribution in [3.8, 4) is 0 Å². The monoisotopic (exact) mass is 529 g/mol. The predicted octanol–water partition coefficient (Wildman–Crippen LogP) is 5.06. The summed E-state index contributed by atoms with van der Waals surface area (Å²) in [5.74, 6) is 0.776. The molecule has 212 valence electrons. The van der Waals surface area contributed by atoms with Gasteiger partial charge in [-0.1, -0.05) is 44.2 Å². The SMILES string of the molecule is CC(C)(C)OC(=O)N1CCC[C@H]1CNC(=O)N[C@@H](Cc1ccccc1)B1O[C@@H]2CC3CC(C3(C)C)[C@]2(C)O1.[HH].[HH]. The van der Waals surface area contributed by atoms with E-state index in [1.807, 2.05) is 39.0 Å². The standard InChI is InChI=1S/C29H44BN3O5.2H2/c1-27(2,3)36-26(35)33-14-10-13-21(33)18-31-25(34)32-24(15-19-11-8-7-9-12-19)30-37-23-17-20-16-22(28(20,4)5)29(23,6)38-30;;/h7-9,11-12,20-24H,10,13-18H2,1-6H3,(H2,31,32,34);2*1H/t20?,21-,22?,23+,24-,29-;;/m0../s1. The van der Waals surface area contributed by atoms with Crippen molar-refractivity contribution in [1.82, 2.24) is 15.5 Å². The summed E-state index contributed by atoms with van der Waals surface area (Å²) in [5, 5.41) is 6.16. The quantitative estimate of drug-likeness (QED) is 0.504. The minimum absolute atomic E-state index is 0. The fourth-order valence-corrected chi connectivity index (χ4v) is 7.19. The molecule has 2 unspecified atom stereocenters. The van der Waals surface area contributed by atoms with Crippen LogP contribution in [0.15, 0.2) is 30.3 Å². The van der Waals surface area contributed by atoms with Gasteiger partial charge in [0.2, 0.25) is 0 Å². The van der Waals surface area contributed by atoms with Crippen molar-refractivity contribution >= 4 is 19.2 Å². The highest BCUT2D eigenvalue weighted by molar-refractivity contribution is 6.48. The van der Waals surface area contributed by atoms with E-state index in [9.17, 15) is 9.59 Å². The molecule has 0 radical (unpaired) electrons. The van der Waals surface area contributed by atoms with Crippen molar-refractivity contribution in [1.29, 1.82) is 0 Å². The number of ether oxygens (including phenoxy) is 1. The van der Waals surface area contributed by atoms with Gasteiger partial charge in [-0.3, -0.25) is 0 Å². The van der Waals surface area contributed by atoms with Gasteiger partial charge in [0.05, 0.1) is 23.7 Å². The Morgan fingerprint density at radius 2 is 1.95 bits per heavy atom. The molecule has 6 rings (SSSR count). The van der Waals surface area contributed by atoms with Gasteiger partial charge in [-0.2, -0.15) is 0 Å². The van der Waals surface area contributed by atoms with Crippen molar-refractivity contribution < 1.29 is 26.5 Å². The van der Waals surface area contributed by atoms with Crippen molar-refractivity contribution in [2.75, 3.05) is 13.1 Å². The Morgan fingerprint density at radius 1 is 1.21 bits per heavy atom. The molecule has 0 spiro atoms. The average Bonchev–Trinajstić information content (AvgIpc) is 3.45. The maximum atomic E-state index is 13.2. The first-order valence-electron chi connectivity index (χ1n) is 14.3. The van der Waals surface area contributed by atoms with Crippen LogP contribution in [0.4, 0.5) is 9.59 Å². The third-order valence-electron chi connectivity index (χ3n) is 9.42. The summed E-state index contributed by atoms with van der Waals surface area (Å²) in [7, 11) is -0.518. The van der Waals surface area contributed by atoms with Gasteiger partial charge in [0.25, 0.3) is 0 Å². The third-order valence-corrected chi connectivity index (χ3v) is 9.42. The van der Waals surface area contributed by atoms with Gasteiger partial charge in [0.15, 0.2) is 0 Å². The van der Waals surface area contributed by atoms with E-state index in [2.05, 4.69) is 43.5 Å². The van der Waals surface area contributed by atoms with E-state index in [0.717, 1.165) is 24.8 Å². The molecule has 8 nitrogen and oxygen atoms in total. The molecule has 0 aromatic heterocycles. The van der Waals surface area contributed by atoms with Gasteiger partial charge >= 0.3 is 19.2 Å². The minimum atomic E-state index is -0.551. The van der Waals surface area contributed by atoms with Crippen LogP contribution in [0.25, 0.3) is 0 Å². The molecule has 6 atom stereocenters. The Morgan fingerprint density at radius 3 is 2.63 bits per heavy atom. The number of carbonyl (C=O) groups excluding carboxylic acids is 2. The first kappa shape index (κ1) is 27.3. The summed E-state index contributed by atoms with van der Waals surface area (Å²) in [4.78, 5) is 27.5. The molecule has 5 fully saturated rings. The van der Waals surface area contributed by atoms with Gasteiger partial charge in [-0.25, -0.2) is 9.59 Å². The molecule has 3 saturated carbocycles. The second-order valence-corrected chi connectivity index (χ2v) is 13.5. The highest BCUT2D eigenvalue weighted by atomic mass is 16.7. The lowest BCUT2D eigenvalue weighted by Gasteiger charge is -2.64. The normalized spacial score (nSPS) is 32.3. The van der Waals surface area contributed by atoms with Crippen LogP contribution in [0, 0.1) is 17.3 Å². The number of benzene rings is 1. The number of hydrogen-bond acceptors (Lipinski definition) is 5. The number of nitrogens with zero attached hydrogens (tertiary/aromatic N) is 1. The Hall–Kier alpha value is -2.26. The smallest absolute Gasteiger partial charge is 0.444 e. The number of hydrogen-bond donors (Lipinski definition) is 2. The molecular weight excluding hydrogens is 481 g/mol. The molecule has 2 N–H and O–H groups in total. The Kier molecular flexibility index (Phi) is 7.22. The summed E-state index contributed by atoms with van der Waals surface area (Å²) in [6, 6.07) is 9.77. The van der Waals surface area contributed by atoms with Crippen LogP contribution in [-0.4, -0.2) is 66.5 Å². The predicted molar refractivity (Wildman–Crippen MR) is 151 cm³/mol. The van der Waals surface area contributed by atoms with Gasteiger partial charge in [-0.05, 0) is 82.6 Å². The van der Waals surface area contributed by atoms with E-state index in [1.54, 1.807) is 4.90 Å². The maximum Gasteiger partial charge on any atom is 0.482 e. The second kappa shape index (κ2) is 10.0. The van der Waals surface area contributed by atoms with Gasteiger partial charge < -0.3 is 29.6 Å². The fraction of sp³-hybridized carbons (Fsp3) is 0.724. The summed E-state index contributed by atoms with van der Waals surface area (Å²) < 4.78 is 18.8. The van der Waals surface area contributed by atoms with E-state index in [1.165, 1.54) is 6.42 Å². The van der Waals surface area contributed by atoms with Crippen molar-refractivity contribution in [2.45, 2.75) is 103 Å². The van der Waals surface area contributed by atoms with Gasteiger partial charge in [0.1, 0.15) is 5.60 Å². The molecule has 2 heterocycles. The average molecular weight is 530 g/mol. The number of carbonyl (C=O) groups is 2. The van der Waals surface area contributed by atoms with E-state index in [-0.39, 0.29) is 44.1 Å². The minimum Gasteiger partial charge on any atom is -0.444 e. The van der Waals surface area contributed by atoms with E-state index in [4.69, 9.17) is 14.0 Å². The number of nitrogens with one attached hydrogen (secondary N) is 2. The molecule has 2 saturated heterocycles. The van der Waals surface area contributed by atoms with Crippen LogP contribution >= 0.6 is 0 Å². The van der Waals surface area contributed by atoms with E-state index >= 15 is 0 Å². The van der Waals surface area contributed by atoms with Gasteiger partial charge in [-0.15, -0.1) is 0 Å². The molecule has 9 heteroatoms. The Labute approximate surface area is 230 Å². The summed E-state index contributed by atoms with van der Waals surface area (Å²) in [6.45, 7) is 13.5. The lowest BCUT2D eigenvalue weighted by atomic mass is 9.43. The van der Waals surface area contributed by atoms with Crippen LogP contribution in [0.5, 0.6) is 0 Å². The number of likely N-dealkylation sites (tertiary alicyclic amines) is 1. The maximum absolute atomic E-state index is 13.2. The number of urea groups is 1. The van der Waals surface area contributed by atoms with Crippen LogP contribution in [-0.2, 0) is 20.5 Å². The summed E-state index contributed by atoms with van der Waals surface area (Å²) >= 11 is 0. The topological polar surface area (TPSA) is 89.1 Å².